The smallest absolute Gasteiger partial charge is 0.303 e. The van der Waals surface area contributed by atoms with E-state index in [1.165, 1.54) is 38.3 Å². The van der Waals surface area contributed by atoms with E-state index in [-0.39, 0.29) is 11.6 Å². The van der Waals surface area contributed by atoms with Crippen LogP contribution in [0.1, 0.15) is 120 Å². The molecule has 52 heavy (non-hydrogen) atoms. The first-order valence-electron chi connectivity index (χ1n) is 19.2. The van der Waals surface area contributed by atoms with E-state index in [1.807, 2.05) is 78.0 Å². The zero-order valence-electron chi connectivity index (χ0n) is 35.0. The molecule has 2 aromatic carbocycles. The Labute approximate surface area is 319 Å². The molecule has 0 spiro atoms. The molecule has 0 aromatic heterocycles. The molecule has 6 nitrogen and oxygen atoms in total. The Morgan fingerprint density at radius 3 is 1.92 bits per heavy atom. The fraction of sp³-hybridized carbons (Fsp3) is 0.500. The Bertz CT molecular complexity index is 1320. The van der Waals surface area contributed by atoms with Gasteiger partial charge in [-0.05, 0) is 74.6 Å². The van der Waals surface area contributed by atoms with Gasteiger partial charge in [0.2, 0.25) is 0 Å². The standard InChI is InChI=1S/C30H36N2O2.C6H12O2.2C4H10.C2H6/c1-5-26(16-17-31)21-33-24(3)14-15-30(25(4)34-22-27-10-7-6-8-11-27)28-12-9-13-29(18-28)32-19-23(2)20-32;1-5(7)8-6(2,3)4;2*1-3-4-2;1-2/h5-16,18,23H,1,3,17,19-22,31H2,2,4H3;1-4H3;2*3-4H2,1-2H3;1-2H3/b15-14-,26-16+,30-25-;;;;. The van der Waals surface area contributed by atoms with Crippen LogP contribution in [0.5, 0.6) is 0 Å². The second kappa shape index (κ2) is 30.6. The maximum atomic E-state index is 10.2. The van der Waals surface area contributed by atoms with Crippen molar-refractivity contribution in [2.45, 2.75) is 121 Å². The van der Waals surface area contributed by atoms with Gasteiger partial charge in [0, 0.05) is 37.8 Å². The minimum Gasteiger partial charge on any atom is -0.493 e. The second-order valence-corrected chi connectivity index (χ2v) is 13.3. The van der Waals surface area contributed by atoms with E-state index in [0.717, 1.165) is 47.0 Å². The number of hydrogen-bond acceptors (Lipinski definition) is 6. The maximum Gasteiger partial charge on any atom is 0.303 e. The number of rotatable bonds is 14. The summed E-state index contributed by atoms with van der Waals surface area (Å²) in [6, 6.07) is 18.8. The average molecular weight is 719 g/mol. The van der Waals surface area contributed by atoms with Crippen LogP contribution in [0.15, 0.2) is 109 Å². The summed E-state index contributed by atoms with van der Waals surface area (Å²) in [5, 5.41) is 0. The van der Waals surface area contributed by atoms with Crippen LogP contribution in [0.3, 0.4) is 0 Å². The van der Waals surface area contributed by atoms with Crippen molar-refractivity contribution in [3.8, 4) is 0 Å². The van der Waals surface area contributed by atoms with Crippen molar-refractivity contribution in [2.75, 3.05) is 31.1 Å². The molecule has 2 N–H and O–H groups in total. The Morgan fingerprint density at radius 2 is 1.48 bits per heavy atom. The third-order valence-electron chi connectivity index (χ3n) is 7.22. The Balaban J connectivity index is 0. The number of allylic oxidation sites excluding steroid dienone is 4. The van der Waals surface area contributed by atoms with Gasteiger partial charge in [0.25, 0.3) is 0 Å². The van der Waals surface area contributed by atoms with Crippen molar-refractivity contribution in [1.29, 1.82) is 0 Å². The van der Waals surface area contributed by atoms with Crippen molar-refractivity contribution in [3.63, 3.8) is 0 Å². The molecule has 2 aromatic rings. The molecule has 0 amide bonds. The summed E-state index contributed by atoms with van der Waals surface area (Å²) in [5.74, 6) is 1.92. The van der Waals surface area contributed by atoms with Crippen LogP contribution in [0.2, 0.25) is 0 Å². The monoisotopic (exact) mass is 719 g/mol. The normalized spacial score (nSPS) is 12.8. The molecule has 0 bridgehead atoms. The summed E-state index contributed by atoms with van der Waals surface area (Å²) in [4.78, 5) is 12.6. The van der Waals surface area contributed by atoms with E-state index in [9.17, 15) is 4.79 Å². The molecule has 1 aliphatic heterocycles. The lowest BCUT2D eigenvalue weighted by Gasteiger charge is -2.39. The number of esters is 1. The predicted molar refractivity (Wildman–Crippen MR) is 227 cm³/mol. The maximum absolute atomic E-state index is 10.2. The predicted octanol–water partition coefficient (Wildman–Crippen LogP) is 12.2. The van der Waals surface area contributed by atoms with Gasteiger partial charge < -0.3 is 24.8 Å². The molecule has 1 heterocycles. The molecule has 0 aliphatic carbocycles. The van der Waals surface area contributed by atoms with Gasteiger partial charge in [-0.25, -0.2) is 0 Å². The molecule has 1 aliphatic rings. The van der Waals surface area contributed by atoms with E-state index < -0.39 is 0 Å². The minimum absolute atomic E-state index is 0.225. The summed E-state index contributed by atoms with van der Waals surface area (Å²) in [6.45, 7) is 35.3. The largest absolute Gasteiger partial charge is 0.493 e. The molecule has 0 saturated carbocycles. The number of hydrogen-bond donors (Lipinski definition) is 1. The fourth-order valence-corrected chi connectivity index (χ4v) is 4.22. The Hall–Kier alpha value is -4.03. The lowest BCUT2D eigenvalue weighted by Crippen LogP contribution is -2.45. The van der Waals surface area contributed by atoms with Crippen LogP contribution in [-0.2, 0) is 25.6 Å². The first-order chi connectivity index (χ1) is 24.7. The lowest BCUT2D eigenvalue weighted by atomic mass is 9.99. The molecule has 1 fully saturated rings. The second-order valence-electron chi connectivity index (χ2n) is 13.3. The SMILES string of the molecule is C=C/C(=C\CN)COC(=C)/C=C\C(=C(/C)OCc1ccccc1)c1cccc(N2CC(C)C2)c1.CC.CC(=O)OC(C)(C)C.CCCC.CCCC. The van der Waals surface area contributed by atoms with Crippen LogP contribution in [0, 0.1) is 5.92 Å². The first kappa shape index (κ1) is 50.1. The minimum atomic E-state index is -0.328. The van der Waals surface area contributed by atoms with E-state index in [2.05, 4.69) is 89.1 Å². The number of nitrogens with zero attached hydrogens (tertiary/aromatic N) is 1. The van der Waals surface area contributed by atoms with Gasteiger partial charge in [-0.15, -0.1) is 0 Å². The van der Waals surface area contributed by atoms with E-state index in [0.29, 0.717) is 25.5 Å². The van der Waals surface area contributed by atoms with E-state index in [1.54, 1.807) is 6.08 Å². The molecule has 1 saturated heterocycles. The molecule has 6 heteroatoms. The quantitative estimate of drug-likeness (QED) is 0.119. The Morgan fingerprint density at radius 1 is 0.904 bits per heavy atom. The highest BCUT2D eigenvalue weighted by molar-refractivity contribution is 5.78. The number of carbonyl (C=O) groups is 1. The summed E-state index contributed by atoms with van der Waals surface area (Å²) in [5.41, 5.74) is 10.7. The van der Waals surface area contributed by atoms with Crippen LogP contribution in [0.25, 0.3) is 5.57 Å². The van der Waals surface area contributed by atoms with Crippen LogP contribution < -0.4 is 10.6 Å². The highest BCUT2D eigenvalue weighted by Crippen LogP contribution is 2.30. The van der Waals surface area contributed by atoms with Gasteiger partial charge in [-0.2, -0.15) is 0 Å². The van der Waals surface area contributed by atoms with Gasteiger partial charge in [0.05, 0.1) is 0 Å². The molecular formula is C46H74N2O4. The van der Waals surface area contributed by atoms with Crippen LogP contribution >= 0.6 is 0 Å². The third-order valence-corrected chi connectivity index (χ3v) is 7.22. The highest BCUT2D eigenvalue weighted by atomic mass is 16.6. The van der Waals surface area contributed by atoms with Gasteiger partial charge >= 0.3 is 5.97 Å². The lowest BCUT2D eigenvalue weighted by molar-refractivity contribution is -0.151. The first-order valence-corrected chi connectivity index (χ1v) is 19.2. The van der Waals surface area contributed by atoms with Crippen molar-refractivity contribution in [2.24, 2.45) is 11.7 Å². The zero-order chi connectivity index (χ0) is 40.0. The summed E-state index contributed by atoms with van der Waals surface area (Å²) in [6.07, 6.45) is 12.8. The molecular weight excluding hydrogens is 645 g/mol. The van der Waals surface area contributed by atoms with Gasteiger partial charge in [-0.1, -0.05) is 142 Å². The molecule has 0 radical (unpaired) electrons. The van der Waals surface area contributed by atoms with E-state index in [4.69, 9.17) is 19.9 Å². The highest BCUT2D eigenvalue weighted by Gasteiger charge is 2.23. The average Bonchev–Trinajstić information content (AvgIpc) is 3.12. The summed E-state index contributed by atoms with van der Waals surface area (Å²) < 4.78 is 16.8. The van der Waals surface area contributed by atoms with Crippen LogP contribution in [0.4, 0.5) is 5.69 Å². The molecule has 0 unspecified atom stereocenters. The summed E-state index contributed by atoms with van der Waals surface area (Å²) in [7, 11) is 0. The number of benzene rings is 2. The number of anilines is 1. The van der Waals surface area contributed by atoms with Gasteiger partial charge in [0.15, 0.2) is 0 Å². The van der Waals surface area contributed by atoms with Crippen molar-refractivity contribution >= 4 is 17.2 Å². The van der Waals surface area contributed by atoms with Crippen LogP contribution in [-0.4, -0.2) is 37.8 Å². The number of ether oxygens (including phenoxy) is 3. The summed E-state index contributed by atoms with van der Waals surface area (Å²) >= 11 is 0. The van der Waals surface area contributed by atoms with Crippen molar-refractivity contribution < 1.29 is 19.0 Å². The molecule has 3 rings (SSSR count). The molecule has 292 valence electrons. The van der Waals surface area contributed by atoms with E-state index >= 15 is 0 Å². The number of nitrogens with two attached hydrogens (primary N) is 1. The molecule has 0 atom stereocenters. The van der Waals surface area contributed by atoms with Gasteiger partial charge in [-0.3, -0.25) is 4.79 Å². The Kier molecular flexibility index (Phi) is 29.5. The number of unbranched alkanes of at least 4 members (excludes halogenated alkanes) is 2. The zero-order valence-corrected chi connectivity index (χ0v) is 35.0. The fourth-order valence-electron chi connectivity index (χ4n) is 4.22. The van der Waals surface area contributed by atoms with Crippen molar-refractivity contribution in [1.82, 2.24) is 0 Å². The third kappa shape index (κ3) is 25.0. The van der Waals surface area contributed by atoms with Gasteiger partial charge in [0.1, 0.15) is 30.3 Å². The topological polar surface area (TPSA) is 74.0 Å². The number of carbonyl (C=O) groups excluding carboxylic acids is 1. The van der Waals surface area contributed by atoms with Crippen molar-refractivity contribution in [3.05, 3.63) is 120 Å².